The molecule has 0 unspecified atom stereocenters. The molecule has 6 heteroatoms. The minimum Gasteiger partial charge on any atom is -0.346 e. The van der Waals surface area contributed by atoms with Gasteiger partial charge < -0.3 is 11.1 Å². The zero-order valence-electron chi connectivity index (χ0n) is 10.7. The average molecular weight is 259 g/mol. The van der Waals surface area contributed by atoms with E-state index >= 15 is 0 Å². The van der Waals surface area contributed by atoms with Crippen LogP contribution in [0.15, 0.2) is 43.0 Å². The zero-order chi connectivity index (χ0) is 13.7. The minimum absolute atomic E-state index is 0.179. The van der Waals surface area contributed by atoms with Gasteiger partial charge in [-0.05, 0) is 12.5 Å². The summed E-state index contributed by atoms with van der Waals surface area (Å²) in [6.45, 7) is 2.18. The Hall–Kier alpha value is -2.21. The maximum absolute atomic E-state index is 11.8. The highest BCUT2D eigenvalue weighted by Gasteiger charge is 2.17. The third-order valence-electron chi connectivity index (χ3n) is 2.77. The summed E-state index contributed by atoms with van der Waals surface area (Å²) in [6.07, 6.45) is 3.09. The third-order valence-corrected chi connectivity index (χ3v) is 2.77. The summed E-state index contributed by atoms with van der Waals surface area (Å²) in [4.78, 5) is 15.7. The second-order valence-corrected chi connectivity index (χ2v) is 4.38. The SMILES string of the molecule is C[C@H](N)C(=O)N[C@H](Cn1cncn1)c1ccccc1. The van der Waals surface area contributed by atoms with Crippen molar-refractivity contribution in [2.75, 3.05) is 0 Å². The van der Waals surface area contributed by atoms with E-state index in [4.69, 9.17) is 5.73 Å². The van der Waals surface area contributed by atoms with E-state index in [2.05, 4.69) is 15.4 Å². The van der Waals surface area contributed by atoms with Crippen molar-refractivity contribution in [2.45, 2.75) is 25.6 Å². The molecule has 1 aromatic carbocycles. The highest BCUT2D eigenvalue weighted by Crippen LogP contribution is 2.14. The van der Waals surface area contributed by atoms with E-state index in [0.29, 0.717) is 6.54 Å². The largest absolute Gasteiger partial charge is 0.346 e. The highest BCUT2D eigenvalue weighted by atomic mass is 16.2. The van der Waals surface area contributed by atoms with E-state index in [1.54, 1.807) is 17.9 Å². The lowest BCUT2D eigenvalue weighted by atomic mass is 10.1. The van der Waals surface area contributed by atoms with Gasteiger partial charge in [-0.2, -0.15) is 5.10 Å². The van der Waals surface area contributed by atoms with E-state index < -0.39 is 6.04 Å². The number of aromatic nitrogens is 3. The average Bonchev–Trinajstić information content (AvgIpc) is 2.91. The van der Waals surface area contributed by atoms with E-state index in [1.165, 1.54) is 6.33 Å². The van der Waals surface area contributed by atoms with E-state index in [9.17, 15) is 4.79 Å². The molecule has 3 N–H and O–H groups in total. The summed E-state index contributed by atoms with van der Waals surface area (Å²) in [5, 5.41) is 6.98. The number of rotatable bonds is 5. The molecule has 1 aromatic heterocycles. The van der Waals surface area contributed by atoms with Gasteiger partial charge in [0.1, 0.15) is 12.7 Å². The van der Waals surface area contributed by atoms with Gasteiger partial charge in [-0.25, -0.2) is 4.98 Å². The lowest BCUT2D eigenvalue weighted by Crippen LogP contribution is -2.41. The Labute approximate surface area is 111 Å². The van der Waals surface area contributed by atoms with Crippen LogP contribution in [0, 0.1) is 0 Å². The van der Waals surface area contributed by atoms with E-state index in [-0.39, 0.29) is 11.9 Å². The maximum Gasteiger partial charge on any atom is 0.237 e. The molecular weight excluding hydrogens is 242 g/mol. The van der Waals surface area contributed by atoms with E-state index in [0.717, 1.165) is 5.56 Å². The zero-order valence-corrected chi connectivity index (χ0v) is 10.7. The molecule has 0 bridgehead atoms. The molecule has 0 aliphatic heterocycles. The van der Waals surface area contributed by atoms with Crippen molar-refractivity contribution in [3.8, 4) is 0 Å². The summed E-state index contributed by atoms with van der Waals surface area (Å²) in [7, 11) is 0. The first-order chi connectivity index (χ1) is 9.16. The predicted molar refractivity (Wildman–Crippen MR) is 71.0 cm³/mol. The number of carbonyl (C=O) groups excluding carboxylic acids is 1. The number of nitrogens with zero attached hydrogens (tertiary/aromatic N) is 3. The maximum atomic E-state index is 11.8. The monoisotopic (exact) mass is 259 g/mol. The Morgan fingerprint density at radius 2 is 2.16 bits per heavy atom. The summed E-state index contributed by atoms with van der Waals surface area (Å²) >= 11 is 0. The highest BCUT2D eigenvalue weighted by molar-refractivity contribution is 5.81. The van der Waals surface area contributed by atoms with Crippen LogP contribution in [0.5, 0.6) is 0 Å². The van der Waals surface area contributed by atoms with Crippen LogP contribution in [-0.2, 0) is 11.3 Å². The minimum atomic E-state index is -0.540. The van der Waals surface area contributed by atoms with Crippen molar-refractivity contribution in [2.24, 2.45) is 5.73 Å². The Morgan fingerprint density at radius 3 is 2.74 bits per heavy atom. The van der Waals surface area contributed by atoms with Crippen LogP contribution in [0.25, 0.3) is 0 Å². The van der Waals surface area contributed by atoms with Crippen molar-refractivity contribution in [1.82, 2.24) is 20.1 Å². The third kappa shape index (κ3) is 3.62. The topological polar surface area (TPSA) is 85.8 Å². The van der Waals surface area contributed by atoms with Crippen molar-refractivity contribution >= 4 is 5.91 Å². The van der Waals surface area contributed by atoms with Gasteiger partial charge in [0.25, 0.3) is 0 Å². The van der Waals surface area contributed by atoms with Crippen LogP contribution in [0.4, 0.5) is 0 Å². The van der Waals surface area contributed by atoms with Crippen LogP contribution in [0.2, 0.25) is 0 Å². The van der Waals surface area contributed by atoms with Gasteiger partial charge in [0, 0.05) is 0 Å². The van der Waals surface area contributed by atoms with Crippen molar-refractivity contribution < 1.29 is 4.79 Å². The first kappa shape index (κ1) is 13.2. The lowest BCUT2D eigenvalue weighted by Gasteiger charge is -2.20. The van der Waals surface area contributed by atoms with Gasteiger partial charge >= 0.3 is 0 Å². The number of hydrogen-bond acceptors (Lipinski definition) is 4. The molecule has 0 saturated carbocycles. The quantitative estimate of drug-likeness (QED) is 0.818. The summed E-state index contributed by atoms with van der Waals surface area (Å²) < 4.78 is 1.68. The first-order valence-corrected chi connectivity index (χ1v) is 6.10. The Bertz CT molecular complexity index is 509. The number of hydrogen-bond donors (Lipinski definition) is 2. The van der Waals surface area contributed by atoms with Crippen LogP contribution in [-0.4, -0.2) is 26.7 Å². The van der Waals surface area contributed by atoms with Gasteiger partial charge in [-0.3, -0.25) is 9.48 Å². The number of amides is 1. The van der Waals surface area contributed by atoms with Gasteiger partial charge in [-0.15, -0.1) is 0 Å². The molecule has 0 aliphatic rings. The molecule has 0 spiro atoms. The molecular formula is C13H17N5O. The Morgan fingerprint density at radius 1 is 1.42 bits per heavy atom. The van der Waals surface area contributed by atoms with E-state index in [1.807, 2.05) is 30.3 Å². The number of nitrogens with one attached hydrogen (secondary N) is 1. The molecule has 2 atom stereocenters. The lowest BCUT2D eigenvalue weighted by molar-refractivity contribution is -0.122. The molecule has 1 heterocycles. The smallest absolute Gasteiger partial charge is 0.237 e. The van der Waals surface area contributed by atoms with Gasteiger partial charge in [0.05, 0.1) is 18.6 Å². The Balaban J connectivity index is 2.16. The molecule has 6 nitrogen and oxygen atoms in total. The standard InChI is InChI=1S/C13H17N5O/c1-10(14)13(19)17-12(7-18-9-15-8-16-18)11-5-3-2-4-6-11/h2-6,8-10,12H,7,14H2,1H3,(H,17,19)/t10-,12+/m0/s1. The summed E-state index contributed by atoms with van der Waals surface area (Å²) in [5.74, 6) is -0.186. The predicted octanol–water partition coefficient (Wildman–Crippen LogP) is 0.483. The van der Waals surface area contributed by atoms with Crippen molar-refractivity contribution in [1.29, 1.82) is 0 Å². The van der Waals surface area contributed by atoms with Gasteiger partial charge in [0.15, 0.2) is 0 Å². The molecule has 100 valence electrons. The van der Waals surface area contributed by atoms with Gasteiger partial charge in [-0.1, -0.05) is 30.3 Å². The molecule has 0 saturated heterocycles. The number of carbonyl (C=O) groups is 1. The fourth-order valence-corrected chi connectivity index (χ4v) is 1.74. The van der Waals surface area contributed by atoms with Crippen LogP contribution in [0.1, 0.15) is 18.5 Å². The normalized spacial score (nSPS) is 13.8. The summed E-state index contributed by atoms with van der Waals surface area (Å²) in [6, 6.07) is 9.00. The first-order valence-electron chi connectivity index (χ1n) is 6.10. The second kappa shape index (κ2) is 6.10. The molecule has 1 amide bonds. The number of benzene rings is 1. The van der Waals surface area contributed by atoms with Crippen LogP contribution >= 0.6 is 0 Å². The fourth-order valence-electron chi connectivity index (χ4n) is 1.74. The molecule has 2 rings (SSSR count). The summed E-state index contributed by atoms with van der Waals surface area (Å²) in [5.41, 5.74) is 6.60. The van der Waals surface area contributed by atoms with Crippen molar-refractivity contribution in [3.05, 3.63) is 48.5 Å². The molecule has 0 fully saturated rings. The second-order valence-electron chi connectivity index (χ2n) is 4.38. The van der Waals surface area contributed by atoms with Crippen LogP contribution < -0.4 is 11.1 Å². The van der Waals surface area contributed by atoms with Gasteiger partial charge in [0.2, 0.25) is 5.91 Å². The fraction of sp³-hybridized carbons (Fsp3) is 0.308. The van der Waals surface area contributed by atoms with Crippen LogP contribution in [0.3, 0.4) is 0 Å². The van der Waals surface area contributed by atoms with Crippen molar-refractivity contribution in [3.63, 3.8) is 0 Å². The number of nitrogens with two attached hydrogens (primary N) is 1. The Kier molecular flexibility index (Phi) is 4.25. The molecule has 2 aromatic rings. The molecule has 0 aliphatic carbocycles. The molecule has 19 heavy (non-hydrogen) atoms. The molecule has 0 radical (unpaired) electrons.